The molecule has 0 aliphatic heterocycles. The lowest BCUT2D eigenvalue weighted by Gasteiger charge is -2.36. The Bertz CT molecular complexity index is 330. The van der Waals surface area contributed by atoms with Gasteiger partial charge in [-0.3, -0.25) is 4.79 Å². The molecule has 0 saturated heterocycles. The van der Waals surface area contributed by atoms with Gasteiger partial charge >= 0.3 is 0 Å². The lowest BCUT2D eigenvalue weighted by Crippen LogP contribution is -2.39. The Morgan fingerprint density at radius 3 is 3.07 bits per heavy atom. The molecule has 2 aliphatic carbocycles. The third-order valence-electron chi connectivity index (χ3n) is 3.34. The van der Waals surface area contributed by atoms with Crippen molar-refractivity contribution in [2.75, 3.05) is 0 Å². The van der Waals surface area contributed by atoms with Crippen LogP contribution in [0.1, 0.15) is 32.1 Å². The van der Waals surface area contributed by atoms with E-state index in [0.717, 1.165) is 25.7 Å². The Morgan fingerprint density at radius 1 is 1.57 bits per heavy atom. The number of hydrogen-bond donors (Lipinski definition) is 0. The molecule has 4 heteroatoms. The molecule has 0 aromatic carbocycles. The summed E-state index contributed by atoms with van der Waals surface area (Å²) in [6.07, 6.45) is 8.21. The van der Waals surface area contributed by atoms with Gasteiger partial charge in [0.15, 0.2) is 0 Å². The summed E-state index contributed by atoms with van der Waals surface area (Å²) in [6.45, 7) is 0. The highest BCUT2D eigenvalue weighted by Gasteiger charge is 2.45. The highest BCUT2D eigenvalue weighted by Crippen LogP contribution is 2.44. The number of azide groups is 1. The highest BCUT2D eigenvalue weighted by atomic mass is 16.1. The van der Waals surface area contributed by atoms with Gasteiger partial charge in [0.2, 0.25) is 0 Å². The van der Waals surface area contributed by atoms with Crippen LogP contribution in [-0.2, 0) is 4.79 Å². The van der Waals surface area contributed by atoms with Gasteiger partial charge in [0, 0.05) is 11.3 Å². The van der Waals surface area contributed by atoms with Crippen LogP contribution in [0.4, 0.5) is 0 Å². The van der Waals surface area contributed by atoms with E-state index in [1.165, 1.54) is 0 Å². The van der Waals surface area contributed by atoms with E-state index in [1.807, 2.05) is 12.2 Å². The first-order valence-corrected chi connectivity index (χ1v) is 5.05. The van der Waals surface area contributed by atoms with Gasteiger partial charge in [0.25, 0.3) is 0 Å². The Kier molecular flexibility index (Phi) is 2.30. The fourth-order valence-corrected chi connectivity index (χ4v) is 2.58. The van der Waals surface area contributed by atoms with Gasteiger partial charge in [-0.15, -0.1) is 0 Å². The van der Waals surface area contributed by atoms with Crippen LogP contribution in [0.5, 0.6) is 0 Å². The first kappa shape index (κ1) is 9.28. The minimum absolute atomic E-state index is 0.146. The molecule has 2 unspecified atom stereocenters. The normalized spacial score (nSPS) is 36.0. The standard InChI is InChI=1S/C10H13N3O/c11-13-12-8-4-1-2-6-10(8)7-3-5-9(10)14/h3,7-8H,1-2,4-6H2. The summed E-state index contributed by atoms with van der Waals surface area (Å²) in [5.41, 5.74) is 8.03. The molecule has 4 nitrogen and oxygen atoms in total. The molecule has 0 heterocycles. The number of carbonyl (C=O) groups excluding carboxylic acids is 1. The summed E-state index contributed by atoms with van der Waals surface area (Å²) in [6, 6.07) is -0.146. The van der Waals surface area contributed by atoms with Crippen LogP contribution in [0, 0.1) is 5.41 Å². The first-order chi connectivity index (χ1) is 6.79. The predicted molar refractivity (Wildman–Crippen MR) is 52.6 cm³/mol. The van der Waals surface area contributed by atoms with E-state index in [9.17, 15) is 4.79 Å². The van der Waals surface area contributed by atoms with Gasteiger partial charge in [-0.1, -0.05) is 30.1 Å². The molecule has 1 fully saturated rings. The molecular weight excluding hydrogens is 178 g/mol. The second-order valence-corrected chi connectivity index (χ2v) is 4.04. The molecule has 14 heavy (non-hydrogen) atoms. The van der Waals surface area contributed by atoms with Gasteiger partial charge in [-0.2, -0.15) is 0 Å². The summed E-state index contributed by atoms with van der Waals surface area (Å²) in [7, 11) is 0. The largest absolute Gasteiger partial charge is 0.298 e. The van der Waals surface area contributed by atoms with Crippen molar-refractivity contribution in [2.45, 2.75) is 38.1 Å². The van der Waals surface area contributed by atoms with E-state index in [1.54, 1.807) is 0 Å². The van der Waals surface area contributed by atoms with Crippen LogP contribution in [0.2, 0.25) is 0 Å². The lowest BCUT2D eigenvalue weighted by atomic mass is 9.69. The maximum absolute atomic E-state index is 11.8. The molecule has 0 bridgehead atoms. The van der Waals surface area contributed by atoms with E-state index in [2.05, 4.69) is 10.0 Å². The highest BCUT2D eigenvalue weighted by molar-refractivity contribution is 5.91. The molecule has 0 aromatic rings. The van der Waals surface area contributed by atoms with Crippen molar-refractivity contribution in [1.29, 1.82) is 0 Å². The van der Waals surface area contributed by atoms with E-state index in [4.69, 9.17) is 5.53 Å². The SMILES string of the molecule is [N-]=[N+]=NC1CCCCC12C=CCC2=O. The number of rotatable bonds is 1. The molecule has 0 aromatic heterocycles. The van der Waals surface area contributed by atoms with E-state index in [0.29, 0.717) is 6.42 Å². The summed E-state index contributed by atoms with van der Waals surface area (Å²) in [5.74, 6) is 0.231. The number of Topliss-reactive ketones (excluding diaryl/α,β-unsaturated/α-hetero) is 1. The number of ketones is 1. The van der Waals surface area contributed by atoms with Gasteiger partial charge in [-0.25, -0.2) is 0 Å². The molecule has 0 radical (unpaired) electrons. The predicted octanol–water partition coefficient (Wildman–Crippen LogP) is 2.75. The smallest absolute Gasteiger partial charge is 0.146 e. The second kappa shape index (κ2) is 3.46. The van der Waals surface area contributed by atoms with Crippen LogP contribution < -0.4 is 0 Å². The van der Waals surface area contributed by atoms with E-state index < -0.39 is 5.41 Å². The zero-order valence-corrected chi connectivity index (χ0v) is 8.02. The Labute approximate surface area is 82.6 Å². The quantitative estimate of drug-likeness (QED) is 0.272. The summed E-state index contributed by atoms with van der Waals surface area (Å²) >= 11 is 0. The minimum atomic E-state index is -0.440. The van der Waals surface area contributed by atoms with Gasteiger partial charge < -0.3 is 0 Å². The van der Waals surface area contributed by atoms with Crippen LogP contribution in [0.15, 0.2) is 17.3 Å². The number of hydrogen-bond acceptors (Lipinski definition) is 2. The van der Waals surface area contributed by atoms with Gasteiger partial charge in [0.1, 0.15) is 5.78 Å². The molecule has 0 N–H and O–H groups in total. The molecule has 2 aliphatic rings. The van der Waals surface area contributed by atoms with Gasteiger partial charge in [-0.05, 0) is 18.4 Å². The third kappa shape index (κ3) is 1.23. The zero-order valence-electron chi connectivity index (χ0n) is 8.02. The molecule has 1 spiro atoms. The molecule has 74 valence electrons. The van der Waals surface area contributed by atoms with Crippen molar-refractivity contribution in [1.82, 2.24) is 0 Å². The third-order valence-corrected chi connectivity index (χ3v) is 3.34. The van der Waals surface area contributed by atoms with Crippen LogP contribution in [0.25, 0.3) is 10.4 Å². The first-order valence-electron chi connectivity index (χ1n) is 5.05. The minimum Gasteiger partial charge on any atom is -0.298 e. The zero-order chi connectivity index (χ0) is 10.0. The number of nitrogens with zero attached hydrogens (tertiary/aromatic N) is 3. The van der Waals surface area contributed by atoms with Crippen LogP contribution in [0.3, 0.4) is 0 Å². The van der Waals surface area contributed by atoms with Crippen LogP contribution in [-0.4, -0.2) is 11.8 Å². The maximum Gasteiger partial charge on any atom is 0.146 e. The number of allylic oxidation sites excluding steroid dienone is 1. The van der Waals surface area contributed by atoms with Gasteiger partial charge in [0.05, 0.1) is 11.5 Å². The summed E-state index contributed by atoms with van der Waals surface area (Å²) in [4.78, 5) is 14.6. The van der Waals surface area contributed by atoms with Crippen molar-refractivity contribution in [3.05, 3.63) is 22.6 Å². The average Bonchev–Trinajstić information content (AvgIpc) is 2.54. The molecule has 2 rings (SSSR count). The van der Waals surface area contributed by atoms with Crippen molar-refractivity contribution in [2.24, 2.45) is 10.5 Å². The number of carbonyl (C=O) groups is 1. The monoisotopic (exact) mass is 191 g/mol. The van der Waals surface area contributed by atoms with E-state index >= 15 is 0 Å². The maximum atomic E-state index is 11.8. The van der Waals surface area contributed by atoms with Crippen molar-refractivity contribution in [3.63, 3.8) is 0 Å². The summed E-state index contributed by atoms with van der Waals surface area (Å²) < 4.78 is 0. The fraction of sp³-hybridized carbons (Fsp3) is 0.700. The molecule has 2 atom stereocenters. The topological polar surface area (TPSA) is 65.8 Å². The molecule has 0 amide bonds. The van der Waals surface area contributed by atoms with Crippen molar-refractivity contribution < 1.29 is 4.79 Å². The Morgan fingerprint density at radius 2 is 2.43 bits per heavy atom. The molecular formula is C10H13N3O. The van der Waals surface area contributed by atoms with E-state index in [-0.39, 0.29) is 11.8 Å². The molecule has 1 saturated carbocycles. The van der Waals surface area contributed by atoms with Crippen molar-refractivity contribution >= 4 is 5.78 Å². The lowest BCUT2D eigenvalue weighted by molar-refractivity contribution is -0.126. The average molecular weight is 191 g/mol. The Balaban J connectivity index is 2.33. The van der Waals surface area contributed by atoms with Crippen LogP contribution >= 0.6 is 0 Å². The Hall–Kier alpha value is -1.28. The summed E-state index contributed by atoms with van der Waals surface area (Å²) in [5, 5.41) is 3.78. The fourth-order valence-electron chi connectivity index (χ4n) is 2.58. The second-order valence-electron chi connectivity index (χ2n) is 4.04. The van der Waals surface area contributed by atoms with Crippen molar-refractivity contribution in [3.8, 4) is 0 Å².